The summed E-state index contributed by atoms with van der Waals surface area (Å²) in [7, 11) is 0. The Bertz CT molecular complexity index is 1090. The average Bonchev–Trinajstić information content (AvgIpc) is 3.01. The molecule has 2 heterocycles. The number of nitrogens with one attached hydrogen (secondary N) is 3. The minimum Gasteiger partial charge on any atom is -0.361 e. The second kappa shape index (κ2) is 6.57. The van der Waals surface area contributed by atoms with Crippen molar-refractivity contribution >= 4 is 21.8 Å². The third-order valence-electron chi connectivity index (χ3n) is 4.64. The minimum absolute atomic E-state index is 0.0197. The summed E-state index contributed by atoms with van der Waals surface area (Å²) < 4.78 is 0. The molecule has 0 amide bonds. The van der Waals surface area contributed by atoms with Gasteiger partial charge < -0.3 is 15.3 Å². The highest BCUT2D eigenvalue weighted by Gasteiger charge is 2.05. The molecule has 4 aromatic rings. The van der Waals surface area contributed by atoms with Crippen molar-refractivity contribution < 1.29 is 0 Å². The lowest BCUT2D eigenvalue weighted by Crippen LogP contribution is -2.22. The fourth-order valence-corrected chi connectivity index (χ4v) is 3.28. The number of para-hydroxylation sites is 1. The Morgan fingerprint density at radius 2 is 1.88 bits per heavy atom. The quantitative estimate of drug-likeness (QED) is 0.489. The number of hydrogen-bond donors (Lipinski definition) is 3. The lowest BCUT2D eigenvalue weighted by Gasteiger charge is -2.06. The van der Waals surface area contributed by atoms with Gasteiger partial charge in [0.1, 0.15) is 0 Å². The molecule has 0 saturated heterocycles. The second-order valence-electron chi connectivity index (χ2n) is 6.50. The van der Waals surface area contributed by atoms with Gasteiger partial charge in [0, 0.05) is 34.7 Å². The molecule has 0 aliphatic rings. The third kappa shape index (κ3) is 3.21. The molecule has 126 valence electrons. The van der Waals surface area contributed by atoms with Crippen LogP contribution in [0.15, 0.2) is 59.5 Å². The molecule has 4 rings (SSSR count). The van der Waals surface area contributed by atoms with E-state index < -0.39 is 0 Å². The van der Waals surface area contributed by atoms with Gasteiger partial charge in [-0.25, -0.2) is 0 Å². The molecular formula is C21H21N3O. The summed E-state index contributed by atoms with van der Waals surface area (Å²) in [5.74, 6) is 0. The first kappa shape index (κ1) is 15.7. The predicted molar refractivity (Wildman–Crippen MR) is 103 cm³/mol. The van der Waals surface area contributed by atoms with Crippen molar-refractivity contribution in [1.82, 2.24) is 15.3 Å². The summed E-state index contributed by atoms with van der Waals surface area (Å²) in [5, 5.41) is 5.72. The maximum Gasteiger partial charge on any atom is 0.252 e. The van der Waals surface area contributed by atoms with Crippen molar-refractivity contribution in [3.8, 4) is 0 Å². The molecule has 0 atom stereocenters. The number of fused-ring (bicyclic) bond motifs is 2. The van der Waals surface area contributed by atoms with Crippen LogP contribution in [-0.4, -0.2) is 16.5 Å². The van der Waals surface area contributed by atoms with Gasteiger partial charge in [0.15, 0.2) is 0 Å². The van der Waals surface area contributed by atoms with Gasteiger partial charge in [-0.2, -0.15) is 0 Å². The maximum atomic E-state index is 12.2. The molecule has 0 spiro atoms. The van der Waals surface area contributed by atoms with Crippen LogP contribution in [0.3, 0.4) is 0 Å². The Balaban J connectivity index is 1.42. The molecule has 0 aliphatic carbocycles. The van der Waals surface area contributed by atoms with Gasteiger partial charge >= 0.3 is 0 Å². The lowest BCUT2D eigenvalue weighted by molar-refractivity contribution is 0.684. The van der Waals surface area contributed by atoms with Crippen LogP contribution in [0.4, 0.5) is 0 Å². The molecule has 2 aromatic heterocycles. The van der Waals surface area contributed by atoms with Gasteiger partial charge in [-0.1, -0.05) is 30.3 Å². The van der Waals surface area contributed by atoms with Gasteiger partial charge in [0.05, 0.1) is 0 Å². The van der Waals surface area contributed by atoms with E-state index in [1.54, 1.807) is 0 Å². The first-order valence-corrected chi connectivity index (χ1v) is 8.59. The normalized spacial score (nSPS) is 11.4. The van der Waals surface area contributed by atoms with Crippen LogP contribution in [0, 0.1) is 6.92 Å². The van der Waals surface area contributed by atoms with Gasteiger partial charge in [-0.15, -0.1) is 0 Å². The van der Waals surface area contributed by atoms with Crippen LogP contribution in [0.25, 0.3) is 21.8 Å². The van der Waals surface area contributed by atoms with Crippen LogP contribution >= 0.6 is 0 Å². The Labute approximate surface area is 145 Å². The lowest BCUT2D eigenvalue weighted by atomic mass is 10.1. The average molecular weight is 331 g/mol. The first-order chi connectivity index (χ1) is 12.2. The summed E-state index contributed by atoms with van der Waals surface area (Å²) in [6.07, 6.45) is 3.00. The molecule has 0 aliphatic heterocycles. The summed E-state index contributed by atoms with van der Waals surface area (Å²) in [4.78, 5) is 18.4. The Kier molecular flexibility index (Phi) is 4.12. The number of aryl methyl sites for hydroxylation is 1. The molecule has 0 fully saturated rings. The van der Waals surface area contributed by atoms with E-state index in [0.717, 1.165) is 29.4 Å². The molecule has 25 heavy (non-hydrogen) atoms. The van der Waals surface area contributed by atoms with Crippen molar-refractivity contribution in [2.45, 2.75) is 19.9 Å². The van der Waals surface area contributed by atoms with Crippen LogP contribution < -0.4 is 10.9 Å². The van der Waals surface area contributed by atoms with E-state index in [4.69, 9.17) is 0 Å². The molecule has 4 nitrogen and oxygen atoms in total. The largest absolute Gasteiger partial charge is 0.361 e. The third-order valence-corrected chi connectivity index (χ3v) is 4.64. The smallest absolute Gasteiger partial charge is 0.252 e. The molecule has 0 unspecified atom stereocenters. The summed E-state index contributed by atoms with van der Waals surface area (Å²) >= 11 is 0. The molecule has 0 saturated carbocycles. The zero-order valence-electron chi connectivity index (χ0n) is 14.2. The topological polar surface area (TPSA) is 60.7 Å². The number of hydrogen-bond acceptors (Lipinski definition) is 2. The minimum atomic E-state index is -0.0197. The molecule has 4 heteroatoms. The highest BCUT2D eigenvalue weighted by Crippen LogP contribution is 2.19. The fourth-order valence-electron chi connectivity index (χ4n) is 3.28. The van der Waals surface area contributed by atoms with E-state index in [9.17, 15) is 4.79 Å². The van der Waals surface area contributed by atoms with E-state index in [0.29, 0.717) is 6.54 Å². The summed E-state index contributed by atoms with van der Waals surface area (Å²) in [5.41, 5.74) is 5.37. The van der Waals surface area contributed by atoms with Crippen molar-refractivity contribution in [2.24, 2.45) is 0 Å². The number of pyridine rings is 1. The number of rotatable bonds is 5. The predicted octanol–water partition coefficient (Wildman–Crippen LogP) is 3.65. The first-order valence-electron chi connectivity index (χ1n) is 8.59. The van der Waals surface area contributed by atoms with Crippen molar-refractivity contribution in [1.29, 1.82) is 0 Å². The van der Waals surface area contributed by atoms with Crippen molar-refractivity contribution in [3.05, 3.63) is 81.8 Å². The zero-order valence-corrected chi connectivity index (χ0v) is 14.2. The number of aromatic amines is 2. The van der Waals surface area contributed by atoms with E-state index in [1.807, 2.05) is 30.3 Å². The van der Waals surface area contributed by atoms with Crippen LogP contribution in [-0.2, 0) is 13.0 Å². The van der Waals surface area contributed by atoms with Gasteiger partial charge in [0.2, 0.25) is 0 Å². The van der Waals surface area contributed by atoms with Gasteiger partial charge in [-0.3, -0.25) is 4.79 Å². The van der Waals surface area contributed by atoms with Gasteiger partial charge in [0.25, 0.3) is 5.56 Å². The van der Waals surface area contributed by atoms with Crippen LogP contribution in [0.5, 0.6) is 0 Å². The van der Waals surface area contributed by atoms with Crippen molar-refractivity contribution in [3.63, 3.8) is 0 Å². The fraction of sp³-hybridized carbons (Fsp3) is 0.190. The Morgan fingerprint density at radius 3 is 2.80 bits per heavy atom. The number of H-pyrrole nitrogens is 2. The molecule has 2 aromatic carbocycles. The highest BCUT2D eigenvalue weighted by molar-refractivity contribution is 5.83. The molecular weight excluding hydrogens is 310 g/mol. The maximum absolute atomic E-state index is 12.2. The Morgan fingerprint density at radius 1 is 1.00 bits per heavy atom. The van der Waals surface area contributed by atoms with Crippen molar-refractivity contribution in [2.75, 3.05) is 6.54 Å². The van der Waals surface area contributed by atoms with E-state index in [1.165, 1.54) is 22.0 Å². The van der Waals surface area contributed by atoms with Gasteiger partial charge in [-0.05, 0) is 54.6 Å². The monoisotopic (exact) mass is 331 g/mol. The molecule has 0 bridgehead atoms. The summed E-state index contributed by atoms with van der Waals surface area (Å²) in [6, 6.07) is 16.3. The van der Waals surface area contributed by atoms with Crippen LogP contribution in [0.2, 0.25) is 0 Å². The molecule has 0 radical (unpaired) electrons. The van der Waals surface area contributed by atoms with E-state index >= 15 is 0 Å². The zero-order chi connectivity index (χ0) is 17.2. The highest BCUT2D eigenvalue weighted by atomic mass is 16.1. The Hall–Kier alpha value is -2.85. The summed E-state index contributed by atoms with van der Waals surface area (Å²) in [6.45, 7) is 3.50. The SMILES string of the molecule is Cc1ccc2c(CCNCc3cc4ccccc4[nH]c3=O)c[nH]c2c1. The van der Waals surface area contributed by atoms with Crippen LogP contribution in [0.1, 0.15) is 16.7 Å². The number of benzene rings is 2. The van der Waals surface area contributed by atoms with E-state index in [2.05, 4.69) is 46.6 Å². The standard InChI is InChI=1S/C21H21N3O/c1-14-6-7-18-16(13-23-20(18)10-14)8-9-22-12-17-11-15-4-2-3-5-19(15)24-21(17)25/h2-7,10-11,13,22-23H,8-9,12H2,1H3,(H,24,25). The van der Waals surface area contributed by atoms with E-state index in [-0.39, 0.29) is 5.56 Å². The number of aromatic nitrogens is 2. The molecule has 3 N–H and O–H groups in total. The second-order valence-corrected chi connectivity index (χ2v) is 6.50.